The molecule has 0 amide bonds. The van der Waals surface area contributed by atoms with Crippen LogP contribution >= 0.6 is 0 Å². The van der Waals surface area contributed by atoms with E-state index in [4.69, 9.17) is 5.84 Å². The Balaban J connectivity index is 2.64. The second-order valence-electron chi connectivity index (χ2n) is 2.77. The van der Waals surface area contributed by atoms with Crippen LogP contribution in [0.1, 0.15) is 6.42 Å². The molecule has 0 bridgehead atoms. The van der Waals surface area contributed by atoms with Gasteiger partial charge in [-0.3, -0.25) is 10.6 Å². The van der Waals surface area contributed by atoms with Gasteiger partial charge < -0.3 is 4.74 Å². The molecule has 12 heavy (non-hydrogen) atoms. The lowest BCUT2D eigenvalue weighted by molar-refractivity contribution is -0.146. The van der Waals surface area contributed by atoms with Crippen LogP contribution in [0.4, 0.5) is 8.78 Å². The topological polar surface area (TPSA) is 55.6 Å². The second-order valence-corrected chi connectivity index (χ2v) is 2.77. The van der Waals surface area contributed by atoms with Crippen molar-refractivity contribution < 1.29 is 18.3 Å². The van der Waals surface area contributed by atoms with Crippen LogP contribution in [0.5, 0.6) is 0 Å². The molecule has 6 heteroatoms. The minimum absolute atomic E-state index is 0.559. The van der Waals surface area contributed by atoms with Crippen LogP contribution in [0.25, 0.3) is 0 Å². The normalized spacial score (nSPS) is 28.8. The highest BCUT2D eigenvalue weighted by molar-refractivity contribution is 5.76. The minimum Gasteiger partial charge on any atom is -0.468 e. The highest BCUT2D eigenvalue weighted by Gasteiger charge is 2.47. The largest absolute Gasteiger partial charge is 0.468 e. The smallest absolute Gasteiger partial charge is 0.324 e. The van der Waals surface area contributed by atoms with E-state index in [1.54, 1.807) is 0 Å². The maximum atomic E-state index is 12.6. The zero-order valence-corrected chi connectivity index (χ0v) is 6.59. The van der Waals surface area contributed by atoms with Gasteiger partial charge in [0.25, 0.3) is 5.92 Å². The van der Waals surface area contributed by atoms with Gasteiger partial charge in [0.05, 0.1) is 13.7 Å². The third kappa shape index (κ3) is 1.70. The third-order valence-corrected chi connectivity index (χ3v) is 1.78. The molecular formula is C6H10F2N2O2. The number of hydrogen-bond acceptors (Lipinski definition) is 4. The average Bonchev–Trinajstić information content (AvgIpc) is 2.23. The first-order valence-electron chi connectivity index (χ1n) is 3.43. The number of methoxy groups -OCH3 is 1. The molecule has 1 fully saturated rings. The lowest BCUT2D eigenvalue weighted by Crippen LogP contribution is -2.41. The zero-order chi connectivity index (χ0) is 9.35. The number of hydrazine groups is 1. The number of esters is 1. The molecular weight excluding hydrogens is 170 g/mol. The quantitative estimate of drug-likeness (QED) is 0.446. The fourth-order valence-electron chi connectivity index (χ4n) is 1.20. The van der Waals surface area contributed by atoms with Crippen molar-refractivity contribution in [1.82, 2.24) is 5.01 Å². The summed E-state index contributed by atoms with van der Waals surface area (Å²) >= 11 is 0. The number of carbonyl (C=O) groups is 1. The number of rotatable bonds is 1. The highest BCUT2D eigenvalue weighted by Crippen LogP contribution is 2.30. The van der Waals surface area contributed by atoms with Gasteiger partial charge in [-0.1, -0.05) is 0 Å². The number of nitrogens with zero attached hydrogens (tertiary/aromatic N) is 1. The van der Waals surface area contributed by atoms with Crippen LogP contribution in [-0.4, -0.2) is 36.6 Å². The number of halogens is 2. The molecule has 0 spiro atoms. The van der Waals surface area contributed by atoms with Gasteiger partial charge in [0.2, 0.25) is 0 Å². The van der Waals surface area contributed by atoms with Crippen LogP contribution in [0.3, 0.4) is 0 Å². The molecule has 0 aliphatic carbocycles. The Kier molecular flexibility index (Phi) is 2.29. The van der Waals surface area contributed by atoms with E-state index >= 15 is 0 Å². The number of hydrogen-bond donors (Lipinski definition) is 1. The van der Waals surface area contributed by atoms with E-state index in [-0.39, 0.29) is 0 Å². The summed E-state index contributed by atoms with van der Waals surface area (Å²) in [4.78, 5) is 10.8. The zero-order valence-electron chi connectivity index (χ0n) is 6.59. The van der Waals surface area contributed by atoms with Gasteiger partial charge >= 0.3 is 5.97 Å². The van der Waals surface area contributed by atoms with Gasteiger partial charge in [-0.2, -0.15) is 0 Å². The number of alkyl halides is 2. The van der Waals surface area contributed by atoms with E-state index in [0.29, 0.717) is 0 Å². The van der Waals surface area contributed by atoms with E-state index in [1.165, 1.54) is 0 Å². The summed E-state index contributed by atoms with van der Waals surface area (Å²) < 4.78 is 29.5. The van der Waals surface area contributed by atoms with E-state index < -0.39 is 30.9 Å². The summed E-state index contributed by atoms with van der Waals surface area (Å²) in [5.74, 6) is 1.59. The predicted molar refractivity (Wildman–Crippen MR) is 36.3 cm³/mol. The first-order chi connectivity index (χ1) is 5.46. The summed E-state index contributed by atoms with van der Waals surface area (Å²) in [7, 11) is 1.15. The van der Waals surface area contributed by atoms with E-state index in [0.717, 1.165) is 12.1 Å². The minimum atomic E-state index is -2.88. The van der Waals surface area contributed by atoms with Crippen LogP contribution in [0, 0.1) is 0 Å². The van der Waals surface area contributed by atoms with Crippen LogP contribution in [0.2, 0.25) is 0 Å². The van der Waals surface area contributed by atoms with Gasteiger partial charge in [0.15, 0.2) is 0 Å². The molecule has 0 aromatic carbocycles. The monoisotopic (exact) mass is 180 g/mol. The molecule has 1 aliphatic heterocycles. The standard InChI is InChI=1S/C6H10F2N2O2/c1-12-5(11)4-2-6(7,8)3-10(4)9/h4H,2-3,9H2,1H3. The highest BCUT2D eigenvalue weighted by atomic mass is 19.3. The van der Waals surface area contributed by atoms with Crippen molar-refractivity contribution in [3.63, 3.8) is 0 Å². The summed E-state index contributed by atoms with van der Waals surface area (Å²) in [5.41, 5.74) is 0. The van der Waals surface area contributed by atoms with Crippen LogP contribution < -0.4 is 5.84 Å². The fourth-order valence-corrected chi connectivity index (χ4v) is 1.20. The second kappa shape index (κ2) is 2.95. The molecule has 1 rings (SSSR count). The molecule has 2 N–H and O–H groups in total. The van der Waals surface area contributed by atoms with Crippen molar-refractivity contribution in [1.29, 1.82) is 0 Å². The Hall–Kier alpha value is -0.750. The summed E-state index contributed by atoms with van der Waals surface area (Å²) in [6, 6.07) is -1.01. The van der Waals surface area contributed by atoms with Crippen molar-refractivity contribution in [2.24, 2.45) is 5.84 Å². The van der Waals surface area contributed by atoms with Gasteiger partial charge in [-0.25, -0.2) is 13.8 Å². The number of ether oxygens (including phenoxy) is 1. The molecule has 0 radical (unpaired) electrons. The molecule has 4 nitrogen and oxygen atoms in total. The van der Waals surface area contributed by atoms with Crippen molar-refractivity contribution in [3.8, 4) is 0 Å². The van der Waals surface area contributed by atoms with Crippen molar-refractivity contribution in [2.45, 2.75) is 18.4 Å². The predicted octanol–water partition coefficient (Wildman–Crippen LogP) is -0.257. The van der Waals surface area contributed by atoms with E-state index in [2.05, 4.69) is 4.74 Å². The van der Waals surface area contributed by atoms with E-state index in [1.807, 2.05) is 0 Å². The summed E-state index contributed by atoms with van der Waals surface area (Å²) in [5, 5.41) is 0.811. The maximum absolute atomic E-state index is 12.6. The molecule has 1 atom stereocenters. The lowest BCUT2D eigenvalue weighted by Gasteiger charge is -2.14. The Bertz CT molecular complexity index is 198. The van der Waals surface area contributed by atoms with Crippen molar-refractivity contribution in [3.05, 3.63) is 0 Å². The third-order valence-electron chi connectivity index (χ3n) is 1.78. The summed E-state index contributed by atoms with van der Waals surface area (Å²) in [6.45, 7) is -0.591. The van der Waals surface area contributed by atoms with Crippen molar-refractivity contribution >= 4 is 5.97 Å². The summed E-state index contributed by atoms with van der Waals surface area (Å²) in [6.07, 6.45) is -0.559. The Labute approximate surface area is 68.2 Å². The van der Waals surface area contributed by atoms with Gasteiger partial charge in [0.1, 0.15) is 6.04 Å². The first-order valence-corrected chi connectivity index (χ1v) is 3.43. The molecule has 70 valence electrons. The van der Waals surface area contributed by atoms with Crippen molar-refractivity contribution in [2.75, 3.05) is 13.7 Å². The molecule has 1 unspecified atom stereocenters. The lowest BCUT2D eigenvalue weighted by atomic mass is 10.2. The van der Waals surface area contributed by atoms with Crippen LogP contribution in [0.15, 0.2) is 0 Å². The maximum Gasteiger partial charge on any atom is 0.324 e. The average molecular weight is 180 g/mol. The SMILES string of the molecule is COC(=O)C1CC(F)(F)CN1N. The van der Waals surface area contributed by atoms with Crippen LogP contribution in [-0.2, 0) is 9.53 Å². The number of nitrogens with two attached hydrogens (primary N) is 1. The van der Waals surface area contributed by atoms with E-state index in [9.17, 15) is 13.6 Å². The molecule has 0 saturated carbocycles. The van der Waals surface area contributed by atoms with Gasteiger partial charge in [-0.15, -0.1) is 0 Å². The molecule has 0 aromatic heterocycles. The van der Waals surface area contributed by atoms with Gasteiger partial charge in [-0.05, 0) is 0 Å². The molecule has 1 heterocycles. The van der Waals surface area contributed by atoms with Gasteiger partial charge in [0, 0.05) is 6.42 Å². The fraction of sp³-hybridized carbons (Fsp3) is 0.833. The molecule has 1 saturated heterocycles. The Morgan fingerprint density at radius 2 is 2.33 bits per heavy atom. The Morgan fingerprint density at radius 3 is 2.67 bits per heavy atom. The molecule has 0 aromatic rings. The Morgan fingerprint density at radius 1 is 1.75 bits per heavy atom. The molecule has 1 aliphatic rings. The number of carbonyl (C=O) groups excluding carboxylic acids is 1. The first kappa shape index (κ1) is 9.34.